The molecule has 1 aliphatic heterocycles. The topological polar surface area (TPSA) is 67.9 Å². The fourth-order valence-electron chi connectivity index (χ4n) is 2.52. The van der Waals surface area contributed by atoms with E-state index in [1.165, 1.54) is 6.92 Å². The molecule has 6 nitrogen and oxygen atoms in total. The maximum absolute atomic E-state index is 12.2. The van der Waals surface area contributed by atoms with Gasteiger partial charge in [0.05, 0.1) is 17.6 Å². The minimum Gasteiger partial charge on any atom is -0.448 e. The van der Waals surface area contributed by atoms with Gasteiger partial charge in [0.2, 0.25) is 0 Å². The molecule has 2 heterocycles. The van der Waals surface area contributed by atoms with E-state index in [9.17, 15) is 9.59 Å². The summed E-state index contributed by atoms with van der Waals surface area (Å²) < 4.78 is 11.0. The highest BCUT2D eigenvalue weighted by Gasteiger charge is 2.20. The number of amides is 1. The lowest BCUT2D eigenvalue weighted by atomic mass is 10.2. The van der Waals surface area contributed by atoms with E-state index in [2.05, 4.69) is 10.2 Å². The molecule has 1 N–H and O–H groups in total. The zero-order chi connectivity index (χ0) is 18.5. The zero-order valence-electron chi connectivity index (χ0n) is 14.2. The molecule has 8 heteroatoms. The minimum atomic E-state index is -0.915. The van der Waals surface area contributed by atoms with Crippen LogP contribution in [0.15, 0.2) is 36.4 Å². The standard InChI is InChI=1S/C18H19ClN2O4S/c1-12(25-18(23)15-6-7-16(19)26-15)17(22)20-13-2-4-14(5-3-13)21-8-10-24-11-9-21/h2-7,12H,8-11H2,1H3,(H,20,22)/t12-/m0/s1. The summed E-state index contributed by atoms with van der Waals surface area (Å²) in [5.41, 5.74) is 1.73. The van der Waals surface area contributed by atoms with Crippen molar-refractivity contribution in [2.45, 2.75) is 13.0 Å². The molecule has 3 rings (SSSR count). The van der Waals surface area contributed by atoms with Crippen molar-refractivity contribution in [1.82, 2.24) is 0 Å². The van der Waals surface area contributed by atoms with Crippen molar-refractivity contribution in [2.75, 3.05) is 36.5 Å². The zero-order valence-corrected chi connectivity index (χ0v) is 15.8. The van der Waals surface area contributed by atoms with Crippen LogP contribution in [-0.2, 0) is 14.3 Å². The summed E-state index contributed by atoms with van der Waals surface area (Å²) in [6, 6.07) is 10.7. The fourth-order valence-corrected chi connectivity index (χ4v) is 3.44. The molecule has 1 aromatic heterocycles. The van der Waals surface area contributed by atoms with E-state index in [0.717, 1.165) is 43.3 Å². The smallest absolute Gasteiger partial charge is 0.349 e. The van der Waals surface area contributed by atoms with Crippen molar-refractivity contribution in [3.8, 4) is 0 Å². The van der Waals surface area contributed by atoms with Gasteiger partial charge in [0.15, 0.2) is 6.10 Å². The number of carbonyl (C=O) groups is 2. The van der Waals surface area contributed by atoms with Crippen molar-refractivity contribution in [1.29, 1.82) is 0 Å². The second-order valence-corrected chi connectivity index (χ2v) is 7.50. The Morgan fingerprint density at radius 2 is 1.88 bits per heavy atom. The number of esters is 1. The Morgan fingerprint density at radius 1 is 1.19 bits per heavy atom. The Hall–Kier alpha value is -2.09. The Kier molecular flexibility index (Phi) is 6.13. The van der Waals surface area contributed by atoms with E-state index in [0.29, 0.717) is 14.9 Å². The summed E-state index contributed by atoms with van der Waals surface area (Å²) in [5.74, 6) is -0.952. The van der Waals surface area contributed by atoms with Crippen LogP contribution in [0.1, 0.15) is 16.6 Å². The highest BCUT2D eigenvalue weighted by Crippen LogP contribution is 2.23. The number of thiophene rings is 1. The van der Waals surface area contributed by atoms with Crippen LogP contribution in [0.5, 0.6) is 0 Å². The van der Waals surface area contributed by atoms with Crippen molar-refractivity contribution in [3.63, 3.8) is 0 Å². The minimum absolute atomic E-state index is 0.365. The molecule has 0 unspecified atom stereocenters. The van der Waals surface area contributed by atoms with Crippen LogP contribution < -0.4 is 10.2 Å². The van der Waals surface area contributed by atoms with Gasteiger partial charge in [-0.1, -0.05) is 11.6 Å². The molecule has 0 aliphatic carbocycles. The Morgan fingerprint density at radius 3 is 2.50 bits per heavy atom. The highest BCUT2D eigenvalue weighted by molar-refractivity contribution is 7.17. The van der Waals surface area contributed by atoms with Gasteiger partial charge in [0.1, 0.15) is 4.88 Å². The molecule has 1 aromatic carbocycles. The summed E-state index contributed by atoms with van der Waals surface area (Å²) >= 11 is 6.92. The Bertz CT molecular complexity index is 772. The first-order valence-electron chi connectivity index (χ1n) is 8.23. The molecular weight excluding hydrogens is 376 g/mol. The van der Waals surface area contributed by atoms with Gasteiger partial charge < -0.3 is 19.7 Å². The SMILES string of the molecule is C[C@H](OC(=O)c1ccc(Cl)s1)C(=O)Nc1ccc(N2CCOCC2)cc1. The van der Waals surface area contributed by atoms with Gasteiger partial charge in [-0.15, -0.1) is 11.3 Å². The maximum atomic E-state index is 12.2. The Labute approximate surface area is 160 Å². The van der Waals surface area contributed by atoms with Crippen LogP contribution in [0.4, 0.5) is 11.4 Å². The van der Waals surface area contributed by atoms with E-state index in [1.807, 2.05) is 24.3 Å². The summed E-state index contributed by atoms with van der Waals surface area (Å²) in [6.07, 6.45) is -0.915. The predicted octanol–water partition coefficient (Wildman–Crippen LogP) is 3.42. The van der Waals surface area contributed by atoms with E-state index in [1.54, 1.807) is 12.1 Å². The molecule has 1 atom stereocenters. The first-order valence-corrected chi connectivity index (χ1v) is 9.42. The van der Waals surface area contributed by atoms with Gasteiger partial charge in [0.25, 0.3) is 5.91 Å². The fraction of sp³-hybridized carbons (Fsp3) is 0.333. The summed E-state index contributed by atoms with van der Waals surface area (Å²) in [6.45, 7) is 4.68. The monoisotopic (exact) mass is 394 g/mol. The van der Waals surface area contributed by atoms with E-state index in [-0.39, 0.29) is 5.91 Å². The number of nitrogens with one attached hydrogen (secondary N) is 1. The van der Waals surface area contributed by atoms with Crippen LogP contribution in [0.2, 0.25) is 4.34 Å². The number of anilines is 2. The average Bonchev–Trinajstić information content (AvgIpc) is 3.09. The van der Waals surface area contributed by atoms with Crippen LogP contribution in [-0.4, -0.2) is 44.3 Å². The quantitative estimate of drug-likeness (QED) is 0.787. The largest absolute Gasteiger partial charge is 0.448 e. The van der Waals surface area contributed by atoms with Crippen LogP contribution >= 0.6 is 22.9 Å². The van der Waals surface area contributed by atoms with Crippen LogP contribution in [0.3, 0.4) is 0 Å². The van der Waals surface area contributed by atoms with E-state index < -0.39 is 12.1 Å². The molecule has 1 amide bonds. The molecule has 26 heavy (non-hydrogen) atoms. The molecule has 1 fully saturated rings. The number of hydrogen-bond donors (Lipinski definition) is 1. The molecule has 0 spiro atoms. The Balaban J connectivity index is 1.54. The number of hydrogen-bond acceptors (Lipinski definition) is 6. The van der Waals surface area contributed by atoms with Gasteiger partial charge in [0, 0.05) is 24.5 Å². The molecule has 0 radical (unpaired) electrons. The summed E-state index contributed by atoms with van der Waals surface area (Å²) in [5, 5.41) is 2.75. The maximum Gasteiger partial charge on any atom is 0.349 e. The number of morpholine rings is 1. The van der Waals surface area contributed by atoms with Gasteiger partial charge in [-0.05, 0) is 43.3 Å². The summed E-state index contributed by atoms with van der Waals surface area (Å²) in [4.78, 5) is 26.8. The molecule has 0 bridgehead atoms. The second-order valence-electron chi connectivity index (χ2n) is 5.79. The van der Waals surface area contributed by atoms with Crippen LogP contribution in [0.25, 0.3) is 0 Å². The lowest BCUT2D eigenvalue weighted by molar-refractivity contribution is -0.123. The third-order valence-corrected chi connectivity index (χ3v) is 5.15. The second kappa shape index (κ2) is 8.53. The molecule has 138 valence electrons. The highest BCUT2D eigenvalue weighted by atomic mass is 35.5. The van der Waals surface area contributed by atoms with E-state index >= 15 is 0 Å². The molecule has 1 saturated heterocycles. The number of halogens is 1. The normalized spacial score (nSPS) is 15.4. The predicted molar refractivity (Wildman–Crippen MR) is 102 cm³/mol. The molecule has 1 aliphatic rings. The van der Waals surface area contributed by atoms with E-state index in [4.69, 9.17) is 21.1 Å². The van der Waals surface area contributed by atoms with Gasteiger partial charge in [-0.3, -0.25) is 4.79 Å². The lowest BCUT2D eigenvalue weighted by Crippen LogP contribution is -2.36. The lowest BCUT2D eigenvalue weighted by Gasteiger charge is -2.28. The molecule has 0 saturated carbocycles. The molecular formula is C18H19ClN2O4S. The van der Waals surface area contributed by atoms with Gasteiger partial charge >= 0.3 is 5.97 Å². The summed E-state index contributed by atoms with van der Waals surface area (Å²) in [7, 11) is 0. The van der Waals surface area contributed by atoms with Gasteiger partial charge in [-0.2, -0.15) is 0 Å². The van der Waals surface area contributed by atoms with Crippen molar-refractivity contribution >= 4 is 46.2 Å². The number of ether oxygens (including phenoxy) is 2. The number of benzene rings is 1. The number of carbonyl (C=O) groups excluding carboxylic acids is 2. The first kappa shape index (κ1) is 18.7. The molecule has 2 aromatic rings. The first-order chi connectivity index (χ1) is 12.5. The van der Waals surface area contributed by atoms with Crippen molar-refractivity contribution in [3.05, 3.63) is 45.6 Å². The third-order valence-electron chi connectivity index (χ3n) is 3.94. The van der Waals surface area contributed by atoms with Crippen molar-refractivity contribution in [2.24, 2.45) is 0 Å². The number of nitrogens with zero attached hydrogens (tertiary/aromatic N) is 1. The van der Waals surface area contributed by atoms with Gasteiger partial charge in [-0.25, -0.2) is 4.79 Å². The number of rotatable bonds is 5. The average molecular weight is 395 g/mol. The van der Waals surface area contributed by atoms with Crippen molar-refractivity contribution < 1.29 is 19.1 Å². The van der Waals surface area contributed by atoms with Crippen LogP contribution in [0, 0.1) is 0 Å². The third kappa shape index (κ3) is 4.75.